The molecular formula is C6H14O3. The molecule has 0 aliphatic heterocycles. The van der Waals surface area contributed by atoms with Crippen molar-refractivity contribution in [1.82, 2.24) is 0 Å². The van der Waals surface area contributed by atoms with Gasteiger partial charge in [-0.25, -0.2) is 0 Å². The average molecular weight is 134 g/mol. The van der Waals surface area contributed by atoms with Gasteiger partial charge in [-0.1, -0.05) is 6.08 Å². The highest BCUT2D eigenvalue weighted by molar-refractivity contribution is 4.60. The molecule has 0 heterocycles. The molecule has 0 aromatic heterocycles. The fourth-order valence-electron chi connectivity index (χ4n) is 0. The monoisotopic (exact) mass is 134 g/mol. The topological polar surface area (TPSA) is 60.7 Å². The van der Waals surface area contributed by atoms with Gasteiger partial charge < -0.3 is 15.3 Å². The first kappa shape index (κ1) is 11.4. The molecule has 9 heavy (non-hydrogen) atoms. The summed E-state index contributed by atoms with van der Waals surface area (Å²) in [6, 6.07) is 0. The zero-order valence-electron chi connectivity index (χ0n) is 5.62. The van der Waals surface area contributed by atoms with E-state index in [1.807, 2.05) is 0 Å². The van der Waals surface area contributed by atoms with Crippen LogP contribution in [0.2, 0.25) is 0 Å². The SMILES string of the molecule is C=CCO.CC(O)CO. The maximum absolute atomic E-state index is 8.11. The molecule has 0 spiro atoms. The standard InChI is InChI=1S/C3H8O2.C3H6O/c1-3(5)2-4;1-2-3-4/h3-5H,2H2,1H3;2,4H,1,3H2. The smallest absolute Gasteiger partial charge is 0.0742 e. The second kappa shape index (κ2) is 10.6. The fourth-order valence-corrected chi connectivity index (χ4v) is 0. The van der Waals surface area contributed by atoms with Crippen LogP contribution in [0, 0.1) is 0 Å². The lowest BCUT2D eigenvalue weighted by atomic mass is 10.5. The maximum atomic E-state index is 8.11. The molecule has 0 bridgehead atoms. The number of aliphatic hydroxyl groups is 3. The minimum Gasteiger partial charge on any atom is -0.394 e. The van der Waals surface area contributed by atoms with E-state index in [1.165, 1.54) is 13.0 Å². The summed E-state index contributed by atoms with van der Waals surface area (Å²) in [5.41, 5.74) is 0. The van der Waals surface area contributed by atoms with Gasteiger partial charge in [0.05, 0.1) is 19.3 Å². The minimum absolute atomic E-state index is 0.0833. The number of aliphatic hydroxyl groups excluding tert-OH is 3. The van der Waals surface area contributed by atoms with Crippen molar-refractivity contribution >= 4 is 0 Å². The molecule has 0 amide bonds. The highest BCUT2D eigenvalue weighted by Crippen LogP contribution is 1.68. The third kappa shape index (κ3) is 35.1. The van der Waals surface area contributed by atoms with Gasteiger partial charge in [0.25, 0.3) is 0 Å². The minimum atomic E-state index is -0.560. The Morgan fingerprint density at radius 1 is 1.56 bits per heavy atom. The molecule has 56 valence electrons. The van der Waals surface area contributed by atoms with Crippen LogP contribution in [-0.2, 0) is 0 Å². The van der Waals surface area contributed by atoms with Crippen molar-refractivity contribution in [2.75, 3.05) is 13.2 Å². The number of hydrogen-bond acceptors (Lipinski definition) is 3. The third-order valence-electron chi connectivity index (χ3n) is 0.393. The Labute approximate surface area is 55.3 Å². The highest BCUT2D eigenvalue weighted by Gasteiger charge is 1.83. The Bertz CT molecular complexity index is 52.3. The van der Waals surface area contributed by atoms with Crippen molar-refractivity contribution in [1.29, 1.82) is 0 Å². The first-order valence-electron chi connectivity index (χ1n) is 2.69. The van der Waals surface area contributed by atoms with Crippen LogP contribution in [0.5, 0.6) is 0 Å². The fraction of sp³-hybridized carbons (Fsp3) is 0.667. The van der Waals surface area contributed by atoms with E-state index in [1.54, 1.807) is 0 Å². The molecule has 0 aromatic rings. The van der Waals surface area contributed by atoms with Gasteiger partial charge in [0.2, 0.25) is 0 Å². The van der Waals surface area contributed by atoms with Crippen LogP contribution in [0.25, 0.3) is 0 Å². The van der Waals surface area contributed by atoms with Crippen LogP contribution < -0.4 is 0 Å². The van der Waals surface area contributed by atoms with E-state index in [0.29, 0.717) is 0 Å². The van der Waals surface area contributed by atoms with Crippen molar-refractivity contribution in [3.05, 3.63) is 12.7 Å². The predicted octanol–water partition coefficient (Wildman–Crippen LogP) is -0.476. The molecule has 3 N–H and O–H groups in total. The van der Waals surface area contributed by atoms with Crippen LogP contribution in [0.15, 0.2) is 12.7 Å². The van der Waals surface area contributed by atoms with Crippen molar-refractivity contribution < 1.29 is 15.3 Å². The summed E-state index contributed by atoms with van der Waals surface area (Å²) in [5, 5.41) is 23.8. The molecule has 0 saturated carbocycles. The van der Waals surface area contributed by atoms with Crippen LogP contribution in [0.3, 0.4) is 0 Å². The predicted molar refractivity (Wildman–Crippen MR) is 36.0 cm³/mol. The first-order chi connectivity index (χ1) is 4.18. The van der Waals surface area contributed by atoms with E-state index in [2.05, 4.69) is 6.58 Å². The molecule has 0 saturated heterocycles. The molecule has 0 aliphatic rings. The van der Waals surface area contributed by atoms with Crippen molar-refractivity contribution in [3.63, 3.8) is 0 Å². The van der Waals surface area contributed by atoms with E-state index in [0.717, 1.165) is 0 Å². The van der Waals surface area contributed by atoms with Crippen LogP contribution in [-0.4, -0.2) is 34.6 Å². The van der Waals surface area contributed by atoms with Gasteiger partial charge in [-0.05, 0) is 6.92 Å². The van der Waals surface area contributed by atoms with Crippen LogP contribution >= 0.6 is 0 Å². The quantitative estimate of drug-likeness (QED) is 0.447. The number of hydrogen-bond donors (Lipinski definition) is 3. The Morgan fingerprint density at radius 2 is 1.78 bits per heavy atom. The lowest BCUT2D eigenvalue weighted by Gasteiger charge is -1.90. The van der Waals surface area contributed by atoms with E-state index >= 15 is 0 Å². The lowest BCUT2D eigenvalue weighted by molar-refractivity contribution is 0.110. The van der Waals surface area contributed by atoms with Crippen molar-refractivity contribution in [2.45, 2.75) is 13.0 Å². The first-order valence-corrected chi connectivity index (χ1v) is 2.69. The average Bonchev–Trinajstić information content (AvgIpc) is 1.89. The second-order valence-electron chi connectivity index (χ2n) is 1.50. The molecule has 0 aliphatic carbocycles. The van der Waals surface area contributed by atoms with Gasteiger partial charge >= 0.3 is 0 Å². The molecule has 3 heteroatoms. The molecule has 0 radical (unpaired) electrons. The van der Waals surface area contributed by atoms with Crippen LogP contribution in [0.1, 0.15) is 6.92 Å². The Morgan fingerprint density at radius 3 is 1.78 bits per heavy atom. The summed E-state index contributed by atoms with van der Waals surface area (Å²) >= 11 is 0. The van der Waals surface area contributed by atoms with Gasteiger partial charge in [0.15, 0.2) is 0 Å². The van der Waals surface area contributed by atoms with Gasteiger partial charge in [0, 0.05) is 0 Å². The zero-order valence-corrected chi connectivity index (χ0v) is 5.62. The Balaban J connectivity index is 0. The Kier molecular flexibility index (Phi) is 13.4. The normalized spacial score (nSPS) is 11.1. The van der Waals surface area contributed by atoms with E-state index < -0.39 is 6.10 Å². The summed E-state index contributed by atoms with van der Waals surface area (Å²) in [7, 11) is 0. The third-order valence-corrected chi connectivity index (χ3v) is 0.393. The summed E-state index contributed by atoms with van der Waals surface area (Å²) in [6.07, 6.45) is 0.870. The van der Waals surface area contributed by atoms with Crippen molar-refractivity contribution in [2.24, 2.45) is 0 Å². The van der Waals surface area contributed by atoms with Gasteiger partial charge in [-0.15, -0.1) is 6.58 Å². The molecule has 0 fully saturated rings. The van der Waals surface area contributed by atoms with Gasteiger partial charge in [-0.2, -0.15) is 0 Å². The molecule has 0 rings (SSSR count). The Hall–Kier alpha value is -0.380. The molecule has 1 atom stereocenters. The number of rotatable bonds is 2. The largest absolute Gasteiger partial charge is 0.394 e. The molecule has 0 aromatic carbocycles. The van der Waals surface area contributed by atoms with Gasteiger partial charge in [-0.3, -0.25) is 0 Å². The maximum Gasteiger partial charge on any atom is 0.0742 e. The second-order valence-corrected chi connectivity index (χ2v) is 1.50. The summed E-state index contributed by atoms with van der Waals surface area (Å²) in [6.45, 7) is 4.70. The summed E-state index contributed by atoms with van der Waals surface area (Å²) in [5.74, 6) is 0. The molecular weight excluding hydrogens is 120 g/mol. The highest BCUT2D eigenvalue weighted by atomic mass is 16.3. The molecule has 1 unspecified atom stereocenters. The van der Waals surface area contributed by atoms with Crippen molar-refractivity contribution in [3.8, 4) is 0 Å². The van der Waals surface area contributed by atoms with Crippen LogP contribution in [0.4, 0.5) is 0 Å². The summed E-state index contributed by atoms with van der Waals surface area (Å²) in [4.78, 5) is 0. The van der Waals surface area contributed by atoms with E-state index in [9.17, 15) is 0 Å². The molecule has 3 nitrogen and oxygen atoms in total. The van der Waals surface area contributed by atoms with E-state index in [-0.39, 0.29) is 13.2 Å². The lowest BCUT2D eigenvalue weighted by Crippen LogP contribution is -2.03. The zero-order chi connectivity index (χ0) is 7.70. The summed E-state index contributed by atoms with van der Waals surface area (Å²) < 4.78 is 0. The van der Waals surface area contributed by atoms with E-state index in [4.69, 9.17) is 15.3 Å². The van der Waals surface area contributed by atoms with Gasteiger partial charge in [0.1, 0.15) is 0 Å².